The van der Waals surface area contributed by atoms with E-state index < -0.39 is 0 Å². The number of carbonyl (C=O) groups is 1. The zero-order chi connectivity index (χ0) is 14.4. The maximum atomic E-state index is 12.6. The van der Waals surface area contributed by atoms with Crippen LogP contribution in [0.1, 0.15) is 51.4 Å². The summed E-state index contributed by atoms with van der Waals surface area (Å²) in [6.07, 6.45) is 9.23. The Labute approximate surface area is 123 Å². The van der Waals surface area contributed by atoms with Crippen molar-refractivity contribution in [2.45, 2.75) is 51.4 Å². The predicted molar refractivity (Wildman–Crippen MR) is 82.4 cm³/mol. The van der Waals surface area contributed by atoms with Crippen molar-refractivity contribution in [3.8, 4) is 0 Å². The van der Waals surface area contributed by atoms with Gasteiger partial charge in [0, 0.05) is 19.6 Å². The largest absolute Gasteiger partial charge is 0.355 e. The van der Waals surface area contributed by atoms with Gasteiger partial charge in [-0.05, 0) is 45.2 Å². The molecule has 1 heterocycles. The van der Waals surface area contributed by atoms with Crippen LogP contribution in [0, 0.1) is 11.3 Å². The van der Waals surface area contributed by atoms with Gasteiger partial charge in [-0.3, -0.25) is 4.79 Å². The number of likely N-dealkylation sites (tertiary alicyclic amines) is 1. The summed E-state index contributed by atoms with van der Waals surface area (Å²) in [4.78, 5) is 15.0. The van der Waals surface area contributed by atoms with Crippen molar-refractivity contribution in [1.82, 2.24) is 10.2 Å². The minimum atomic E-state index is -0.281. The van der Waals surface area contributed by atoms with Crippen molar-refractivity contribution < 1.29 is 4.79 Å². The molecule has 0 spiro atoms. The SMILES string of the molecule is CN1CCCC(CNC(=O)C2(CN)CCCCCC2)C1. The van der Waals surface area contributed by atoms with E-state index in [2.05, 4.69) is 17.3 Å². The van der Waals surface area contributed by atoms with E-state index in [-0.39, 0.29) is 11.3 Å². The third kappa shape index (κ3) is 3.95. The average molecular weight is 281 g/mol. The van der Waals surface area contributed by atoms with Gasteiger partial charge in [-0.15, -0.1) is 0 Å². The van der Waals surface area contributed by atoms with Gasteiger partial charge in [0.15, 0.2) is 0 Å². The zero-order valence-corrected chi connectivity index (χ0v) is 13.0. The van der Waals surface area contributed by atoms with Crippen LogP contribution in [0.15, 0.2) is 0 Å². The quantitative estimate of drug-likeness (QED) is 0.772. The third-order valence-corrected chi connectivity index (χ3v) is 5.21. The van der Waals surface area contributed by atoms with Crippen LogP contribution < -0.4 is 11.1 Å². The summed E-state index contributed by atoms with van der Waals surface area (Å²) in [6.45, 7) is 3.63. The molecule has 1 saturated carbocycles. The molecule has 3 N–H and O–H groups in total. The van der Waals surface area contributed by atoms with E-state index >= 15 is 0 Å². The molecule has 116 valence electrons. The van der Waals surface area contributed by atoms with Crippen LogP contribution in [0.25, 0.3) is 0 Å². The van der Waals surface area contributed by atoms with E-state index in [1.54, 1.807) is 0 Å². The molecule has 1 aliphatic carbocycles. The Kier molecular flexibility index (Phi) is 5.85. The molecule has 0 bridgehead atoms. The highest BCUT2D eigenvalue weighted by atomic mass is 16.2. The Morgan fingerprint density at radius 2 is 1.95 bits per heavy atom. The van der Waals surface area contributed by atoms with Crippen molar-refractivity contribution in [1.29, 1.82) is 0 Å². The lowest BCUT2D eigenvalue weighted by molar-refractivity contribution is -0.131. The molecule has 0 radical (unpaired) electrons. The molecule has 4 nitrogen and oxygen atoms in total. The summed E-state index contributed by atoms with van der Waals surface area (Å²) in [7, 11) is 2.17. The van der Waals surface area contributed by atoms with Gasteiger partial charge in [0.2, 0.25) is 5.91 Å². The number of hydrogen-bond donors (Lipinski definition) is 2. The molecular formula is C16H31N3O. The molecule has 2 rings (SSSR count). The normalized spacial score (nSPS) is 27.8. The van der Waals surface area contributed by atoms with Gasteiger partial charge in [0.25, 0.3) is 0 Å². The molecule has 1 saturated heterocycles. The van der Waals surface area contributed by atoms with Crippen LogP contribution in [0.5, 0.6) is 0 Å². The zero-order valence-electron chi connectivity index (χ0n) is 13.0. The van der Waals surface area contributed by atoms with Gasteiger partial charge < -0.3 is 16.0 Å². The van der Waals surface area contributed by atoms with Crippen molar-refractivity contribution in [2.75, 3.05) is 33.2 Å². The van der Waals surface area contributed by atoms with Gasteiger partial charge in [-0.2, -0.15) is 0 Å². The van der Waals surface area contributed by atoms with Crippen LogP contribution in [-0.4, -0.2) is 44.0 Å². The molecule has 2 fully saturated rings. The third-order valence-electron chi connectivity index (χ3n) is 5.21. The fraction of sp³-hybridized carbons (Fsp3) is 0.938. The molecule has 0 aromatic carbocycles. The summed E-state index contributed by atoms with van der Waals surface area (Å²) in [6, 6.07) is 0. The Balaban J connectivity index is 1.85. The first-order chi connectivity index (χ1) is 9.66. The molecule has 0 aromatic rings. The Bertz CT molecular complexity index is 311. The summed E-state index contributed by atoms with van der Waals surface area (Å²) in [5, 5.41) is 3.22. The van der Waals surface area contributed by atoms with Crippen LogP contribution in [0.4, 0.5) is 0 Å². The summed E-state index contributed by atoms with van der Waals surface area (Å²) in [5.74, 6) is 0.827. The first-order valence-electron chi connectivity index (χ1n) is 8.33. The van der Waals surface area contributed by atoms with Gasteiger partial charge in [-0.1, -0.05) is 25.7 Å². The lowest BCUT2D eigenvalue weighted by Gasteiger charge is -2.33. The maximum Gasteiger partial charge on any atom is 0.227 e. The lowest BCUT2D eigenvalue weighted by atomic mass is 9.79. The topological polar surface area (TPSA) is 58.4 Å². The maximum absolute atomic E-state index is 12.6. The number of nitrogens with two attached hydrogens (primary N) is 1. The van der Waals surface area contributed by atoms with E-state index in [0.29, 0.717) is 12.5 Å². The Morgan fingerprint density at radius 3 is 2.55 bits per heavy atom. The van der Waals surface area contributed by atoms with Gasteiger partial charge in [0.05, 0.1) is 5.41 Å². The number of rotatable bonds is 4. The van der Waals surface area contributed by atoms with Crippen molar-refractivity contribution in [3.05, 3.63) is 0 Å². The molecule has 1 amide bonds. The fourth-order valence-electron chi connectivity index (χ4n) is 3.79. The van der Waals surface area contributed by atoms with Crippen molar-refractivity contribution in [3.63, 3.8) is 0 Å². The second kappa shape index (κ2) is 7.41. The smallest absolute Gasteiger partial charge is 0.227 e. The molecular weight excluding hydrogens is 250 g/mol. The monoisotopic (exact) mass is 281 g/mol. The first-order valence-corrected chi connectivity index (χ1v) is 8.33. The Hall–Kier alpha value is -0.610. The molecule has 1 atom stereocenters. The van der Waals surface area contributed by atoms with Gasteiger partial charge >= 0.3 is 0 Å². The average Bonchev–Trinajstić information content (AvgIpc) is 2.71. The Morgan fingerprint density at radius 1 is 1.25 bits per heavy atom. The van der Waals surface area contributed by atoms with E-state index in [4.69, 9.17) is 5.73 Å². The summed E-state index contributed by atoms with van der Waals surface area (Å²) >= 11 is 0. The number of nitrogens with zero attached hydrogens (tertiary/aromatic N) is 1. The molecule has 20 heavy (non-hydrogen) atoms. The minimum absolute atomic E-state index is 0.218. The van der Waals surface area contributed by atoms with E-state index in [9.17, 15) is 4.79 Å². The molecule has 2 aliphatic rings. The molecule has 0 aromatic heterocycles. The highest BCUT2D eigenvalue weighted by Crippen LogP contribution is 2.34. The standard InChI is InChI=1S/C16H31N3O/c1-19-10-6-7-14(12-19)11-18-15(20)16(13-17)8-4-2-3-5-9-16/h14H,2-13,17H2,1H3,(H,18,20). The van der Waals surface area contributed by atoms with Crippen molar-refractivity contribution >= 4 is 5.91 Å². The van der Waals surface area contributed by atoms with E-state index in [1.165, 1.54) is 32.2 Å². The van der Waals surface area contributed by atoms with Crippen LogP contribution in [-0.2, 0) is 4.79 Å². The second-order valence-electron chi connectivity index (χ2n) is 6.88. The number of carbonyl (C=O) groups excluding carboxylic acids is 1. The summed E-state index contributed by atoms with van der Waals surface area (Å²) in [5.41, 5.74) is 5.69. The van der Waals surface area contributed by atoms with E-state index in [1.807, 2.05) is 0 Å². The predicted octanol–water partition coefficient (Wildman–Crippen LogP) is 1.74. The number of piperidine rings is 1. The molecule has 1 aliphatic heterocycles. The van der Waals surface area contributed by atoms with Crippen LogP contribution in [0.3, 0.4) is 0 Å². The van der Waals surface area contributed by atoms with E-state index in [0.717, 1.165) is 38.8 Å². The van der Waals surface area contributed by atoms with Gasteiger partial charge in [-0.25, -0.2) is 0 Å². The van der Waals surface area contributed by atoms with Crippen LogP contribution >= 0.6 is 0 Å². The van der Waals surface area contributed by atoms with Gasteiger partial charge in [0.1, 0.15) is 0 Å². The molecule has 1 unspecified atom stereocenters. The lowest BCUT2D eigenvalue weighted by Crippen LogP contribution is -2.48. The number of nitrogens with one attached hydrogen (secondary N) is 1. The van der Waals surface area contributed by atoms with Crippen LogP contribution in [0.2, 0.25) is 0 Å². The number of hydrogen-bond acceptors (Lipinski definition) is 3. The fourth-order valence-corrected chi connectivity index (χ4v) is 3.79. The summed E-state index contributed by atoms with van der Waals surface area (Å²) < 4.78 is 0. The highest BCUT2D eigenvalue weighted by molar-refractivity contribution is 5.82. The first kappa shape index (κ1) is 15.8. The minimum Gasteiger partial charge on any atom is -0.355 e. The second-order valence-corrected chi connectivity index (χ2v) is 6.88. The van der Waals surface area contributed by atoms with Crippen molar-refractivity contribution in [2.24, 2.45) is 17.1 Å². The number of amides is 1. The molecule has 4 heteroatoms. The highest BCUT2D eigenvalue weighted by Gasteiger charge is 2.37.